The maximum atomic E-state index is 13.7. The van der Waals surface area contributed by atoms with Gasteiger partial charge in [0.15, 0.2) is 27.3 Å². The number of carbonyl (C=O) groups is 2. The average molecular weight is 666 g/mol. The molecule has 1 unspecified atom stereocenters. The number of ether oxygens (including phenoxy) is 4. The molecule has 6 rings (SSSR count). The first-order valence-corrected chi connectivity index (χ1v) is 16.4. The molecule has 1 atom stereocenters. The third-order valence-corrected chi connectivity index (χ3v) is 9.40. The van der Waals surface area contributed by atoms with E-state index in [0.29, 0.717) is 75.7 Å². The van der Waals surface area contributed by atoms with E-state index in [0.717, 1.165) is 5.56 Å². The third-order valence-electron chi connectivity index (χ3n) is 7.02. The molecular weight excluding hydrogens is 638 g/mol. The minimum Gasteiger partial charge on any atom is -0.507 e. The van der Waals surface area contributed by atoms with Crippen molar-refractivity contribution in [3.8, 4) is 23.0 Å². The largest absolute Gasteiger partial charge is 0.507 e. The first-order valence-electron chi connectivity index (χ1n) is 14.2. The Bertz CT molecular complexity index is 1780. The lowest BCUT2D eigenvalue weighted by molar-refractivity contribution is -0.132. The molecule has 4 aromatic rings. The van der Waals surface area contributed by atoms with Crippen LogP contribution in [0.25, 0.3) is 5.76 Å². The summed E-state index contributed by atoms with van der Waals surface area (Å²) in [5.74, 6) is 0.478. The van der Waals surface area contributed by atoms with Crippen molar-refractivity contribution in [2.24, 2.45) is 0 Å². The van der Waals surface area contributed by atoms with Gasteiger partial charge in [0.1, 0.15) is 19.0 Å². The van der Waals surface area contributed by atoms with Gasteiger partial charge in [0.05, 0.1) is 24.8 Å². The highest BCUT2D eigenvalue weighted by molar-refractivity contribution is 8.00. The summed E-state index contributed by atoms with van der Waals surface area (Å²) in [6, 6.07) is 16.5. The van der Waals surface area contributed by atoms with Crippen LogP contribution < -0.4 is 23.8 Å². The number of anilines is 1. The number of aliphatic hydroxyl groups is 1. The van der Waals surface area contributed by atoms with Crippen LogP contribution in [0.2, 0.25) is 5.02 Å². The molecule has 1 amide bonds. The topological polar surface area (TPSA) is 120 Å². The predicted octanol–water partition coefficient (Wildman–Crippen LogP) is 6.68. The van der Waals surface area contributed by atoms with Crippen LogP contribution in [-0.2, 0) is 15.3 Å². The number of carbonyl (C=O) groups excluding carboxylic acids is 2. The maximum absolute atomic E-state index is 13.7. The highest BCUT2D eigenvalue weighted by Crippen LogP contribution is 2.46. The summed E-state index contributed by atoms with van der Waals surface area (Å²) < 4.78 is 23.5. The SMILES string of the molecule is CCOc1ccc(C2/C(=C(\O)c3ccc4c(c3)OCCO4)C(=O)C(=O)N2c2nnc(SCc3ccc(Cl)cc3)s2)cc1OCC. The van der Waals surface area contributed by atoms with Gasteiger partial charge in [-0.05, 0) is 67.4 Å². The number of hydrogen-bond acceptors (Lipinski definition) is 11. The van der Waals surface area contributed by atoms with Crippen molar-refractivity contribution in [3.05, 3.63) is 87.9 Å². The molecule has 232 valence electrons. The molecule has 1 N–H and O–H groups in total. The number of halogens is 1. The first kappa shape index (κ1) is 30.8. The smallest absolute Gasteiger partial charge is 0.301 e. The van der Waals surface area contributed by atoms with E-state index in [4.69, 9.17) is 30.5 Å². The molecule has 0 spiro atoms. The van der Waals surface area contributed by atoms with Crippen molar-refractivity contribution in [3.63, 3.8) is 0 Å². The Morgan fingerprint density at radius 3 is 2.47 bits per heavy atom. The van der Waals surface area contributed by atoms with E-state index in [1.807, 2.05) is 38.1 Å². The Morgan fingerprint density at radius 1 is 0.978 bits per heavy atom. The van der Waals surface area contributed by atoms with Crippen LogP contribution >= 0.6 is 34.7 Å². The van der Waals surface area contributed by atoms with Gasteiger partial charge in [-0.2, -0.15) is 0 Å². The summed E-state index contributed by atoms with van der Waals surface area (Å²) in [6.45, 7) is 5.26. The lowest BCUT2D eigenvalue weighted by atomic mass is 9.95. The number of aliphatic hydroxyl groups excluding tert-OH is 1. The molecule has 3 heterocycles. The number of thioether (sulfide) groups is 1. The number of amides is 1. The summed E-state index contributed by atoms with van der Waals surface area (Å²) in [5, 5.41) is 21.1. The van der Waals surface area contributed by atoms with Crippen molar-refractivity contribution in [1.82, 2.24) is 10.2 Å². The lowest BCUT2D eigenvalue weighted by Crippen LogP contribution is -2.29. The second-order valence-corrected chi connectivity index (χ2v) is 12.5. The third kappa shape index (κ3) is 6.31. The number of nitrogens with zero attached hydrogens (tertiary/aromatic N) is 3. The molecule has 0 saturated carbocycles. The minimum absolute atomic E-state index is 0.103. The fourth-order valence-electron chi connectivity index (χ4n) is 5.01. The van der Waals surface area contributed by atoms with E-state index in [1.165, 1.54) is 28.0 Å². The van der Waals surface area contributed by atoms with Gasteiger partial charge in [-0.25, -0.2) is 0 Å². The van der Waals surface area contributed by atoms with Crippen LogP contribution in [0.5, 0.6) is 23.0 Å². The zero-order chi connectivity index (χ0) is 31.5. The van der Waals surface area contributed by atoms with Gasteiger partial charge in [-0.15, -0.1) is 10.2 Å². The second-order valence-electron chi connectivity index (χ2n) is 9.87. The molecule has 0 aliphatic carbocycles. The zero-order valence-electron chi connectivity index (χ0n) is 24.3. The number of rotatable bonds is 10. The first-order chi connectivity index (χ1) is 21.9. The molecule has 1 aromatic heterocycles. The van der Waals surface area contributed by atoms with Gasteiger partial charge >= 0.3 is 5.91 Å². The quantitative estimate of drug-likeness (QED) is 0.0646. The fourth-order valence-corrected chi connectivity index (χ4v) is 6.96. The number of Topliss-reactive ketones (excluding diaryl/α,β-unsaturated/α-hetero) is 1. The molecule has 0 radical (unpaired) electrons. The molecule has 1 fully saturated rings. The van der Waals surface area contributed by atoms with E-state index in [-0.39, 0.29) is 16.5 Å². The highest BCUT2D eigenvalue weighted by atomic mass is 35.5. The van der Waals surface area contributed by atoms with Gasteiger partial charge in [-0.3, -0.25) is 14.5 Å². The molecule has 10 nitrogen and oxygen atoms in total. The number of hydrogen-bond donors (Lipinski definition) is 1. The molecule has 0 bridgehead atoms. The molecule has 3 aromatic carbocycles. The number of fused-ring (bicyclic) bond motifs is 1. The summed E-state index contributed by atoms with van der Waals surface area (Å²) >= 11 is 8.64. The van der Waals surface area contributed by atoms with Crippen molar-refractivity contribution in [2.75, 3.05) is 31.3 Å². The fraction of sp³-hybridized carbons (Fsp3) is 0.250. The second kappa shape index (κ2) is 13.4. The van der Waals surface area contributed by atoms with Crippen LogP contribution in [0.3, 0.4) is 0 Å². The summed E-state index contributed by atoms with van der Waals surface area (Å²) in [7, 11) is 0. The number of aromatic nitrogens is 2. The molecule has 2 aliphatic heterocycles. The average Bonchev–Trinajstić information content (AvgIpc) is 3.63. The summed E-state index contributed by atoms with van der Waals surface area (Å²) in [4.78, 5) is 28.7. The van der Waals surface area contributed by atoms with Gasteiger partial charge < -0.3 is 24.1 Å². The van der Waals surface area contributed by atoms with Crippen LogP contribution in [0.1, 0.15) is 36.6 Å². The maximum Gasteiger partial charge on any atom is 0.301 e. The Labute approximate surface area is 272 Å². The monoisotopic (exact) mass is 665 g/mol. The molecule has 1 saturated heterocycles. The van der Waals surface area contributed by atoms with E-state index in [2.05, 4.69) is 10.2 Å². The van der Waals surface area contributed by atoms with E-state index < -0.39 is 17.7 Å². The standard InChI is InChI=1S/C32H28ClN3O7S2/c1-3-40-22-11-7-19(15-24(22)41-4-2)27-26(28(37)20-8-12-23-25(16-20)43-14-13-42-23)29(38)30(39)36(27)31-34-35-32(45-31)44-17-18-5-9-21(33)10-6-18/h5-12,15-16,27,37H,3-4,13-14,17H2,1-2H3/b28-26+. The van der Waals surface area contributed by atoms with E-state index in [1.54, 1.807) is 36.4 Å². The Balaban J connectivity index is 1.42. The van der Waals surface area contributed by atoms with Gasteiger partial charge in [0, 0.05) is 16.3 Å². The van der Waals surface area contributed by atoms with Crippen molar-refractivity contribution in [1.29, 1.82) is 0 Å². The number of benzene rings is 3. The van der Waals surface area contributed by atoms with Gasteiger partial charge in [0.25, 0.3) is 5.78 Å². The van der Waals surface area contributed by atoms with Crippen LogP contribution in [-0.4, -0.2) is 53.4 Å². The van der Waals surface area contributed by atoms with Gasteiger partial charge in [0.2, 0.25) is 5.13 Å². The minimum atomic E-state index is -1.03. The Morgan fingerprint density at radius 2 is 1.71 bits per heavy atom. The Kier molecular flexibility index (Phi) is 9.15. The van der Waals surface area contributed by atoms with E-state index in [9.17, 15) is 14.7 Å². The summed E-state index contributed by atoms with van der Waals surface area (Å²) in [6.07, 6.45) is 0. The lowest BCUT2D eigenvalue weighted by Gasteiger charge is -2.24. The highest BCUT2D eigenvalue weighted by Gasteiger charge is 2.48. The molecule has 13 heteroatoms. The predicted molar refractivity (Wildman–Crippen MR) is 172 cm³/mol. The van der Waals surface area contributed by atoms with Crippen LogP contribution in [0, 0.1) is 0 Å². The summed E-state index contributed by atoms with van der Waals surface area (Å²) in [5.41, 5.74) is 1.76. The molecule has 2 aliphatic rings. The van der Waals surface area contributed by atoms with Gasteiger partial charge in [-0.1, -0.05) is 52.9 Å². The zero-order valence-corrected chi connectivity index (χ0v) is 26.7. The van der Waals surface area contributed by atoms with Crippen molar-refractivity contribution < 1.29 is 33.6 Å². The van der Waals surface area contributed by atoms with Crippen molar-refractivity contribution >= 4 is 57.3 Å². The van der Waals surface area contributed by atoms with Crippen LogP contribution in [0.15, 0.2) is 70.6 Å². The van der Waals surface area contributed by atoms with E-state index >= 15 is 0 Å². The number of ketones is 1. The molecule has 45 heavy (non-hydrogen) atoms. The Hall–Kier alpha value is -4.26. The normalized spacial score (nSPS) is 17.0. The van der Waals surface area contributed by atoms with Crippen LogP contribution in [0.4, 0.5) is 5.13 Å². The van der Waals surface area contributed by atoms with Crippen molar-refractivity contribution in [2.45, 2.75) is 30.0 Å². The molecular formula is C32H28ClN3O7S2.